The van der Waals surface area contributed by atoms with Crippen LogP contribution in [0.2, 0.25) is 5.02 Å². The van der Waals surface area contributed by atoms with Gasteiger partial charge in [0.15, 0.2) is 0 Å². The summed E-state index contributed by atoms with van der Waals surface area (Å²) in [7, 11) is -2.61. The van der Waals surface area contributed by atoms with E-state index in [0.717, 1.165) is 7.11 Å². The molecule has 0 saturated carbocycles. The lowest BCUT2D eigenvalue weighted by molar-refractivity contribution is 0.398. The molecular weight excluding hydrogens is 200 g/mol. The van der Waals surface area contributed by atoms with Gasteiger partial charge in [0.05, 0.1) is 12.1 Å². The maximum atomic E-state index is 11.1. The van der Waals surface area contributed by atoms with Crippen LogP contribution < -0.4 is 0 Å². The first-order valence-corrected chi connectivity index (χ1v) is 4.83. The van der Waals surface area contributed by atoms with Crippen molar-refractivity contribution >= 4 is 21.7 Å². The van der Waals surface area contributed by atoms with Crippen molar-refractivity contribution in [1.82, 2.24) is 0 Å². The zero-order valence-electron chi connectivity index (χ0n) is 6.24. The molecule has 0 atom stereocenters. The summed E-state index contributed by atoms with van der Waals surface area (Å²) in [5, 5.41) is 0.135. The summed E-state index contributed by atoms with van der Waals surface area (Å²) < 4.78 is 26.5. The van der Waals surface area contributed by atoms with Gasteiger partial charge in [-0.2, -0.15) is 8.42 Å². The average molecular weight is 206 g/mol. The molecule has 0 N–H and O–H groups in total. The molecule has 0 saturated heterocycles. The SMILES string of the molecule is COS(=O)(=O)c1c[c]ccc1Cl. The Balaban J connectivity index is 3.30. The van der Waals surface area contributed by atoms with Crippen LogP contribution in [0, 0.1) is 6.07 Å². The van der Waals surface area contributed by atoms with E-state index in [2.05, 4.69) is 10.2 Å². The van der Waals surface area contributed by atoms with Crippen molar-refractivity contribution in [3.05, 3.63) is 29.3 Å². The van der Waals surface area contributed by atoms with E-state index in [1.165, 1.54) is 18.2 Å². The van der Waals surface area contributed by atoms with Crippen LogP contribution in [-0.2, 0) is 14.3 Å². The fourth-order valence-corrected chi connectivity index (χ4v) is 1.78. The lowest BCUT2D eigenvalue weighted by atomic mass is 10.4. The molecule has 1 radical (unpaired) electrons. The van der Waals surface area contributed by atoms with Crippen LogP contribution >= 0.6 is 11.6 Å². The van der Waals surface area contributed by atoms with Crippen LogP contribution in [0.1, 0.15) is 0 Å². The van der Waals surface area contributed by atoms with Gasteiger partial charge < -0.3 is 0 Å². The summed E-state index contributed by atoms with van der Waals surface area (Å²) in [6, 6.07) is 6.83. The van der Waals surface area contributed by atoms with Gasteiger partial charge in [0, 0.05) is 0 Å². The highest BCUT2D eigenvalue weighted by molar-refractivity contribution is 7.86. The van der Waals surface area contributed by atoms with Gasteiger partial charge in [0.1, 0.15) is 4.90 Å². The Labute approximate surface area is 76.0 Å². The fraction of sp³-hybridized carbons (Fsp3) is 0.143. The molecule has 1 aromatic carbocycles. The topological polar surface area (TPSA) is 43.4 Å². The summed E-state index contributed by atoms with van der Waals surface area (Å²) in [6.07, 6.45) is 0. The van der Waals surface area contributed by atoms with Gasteiger partial charge in [0.2, 0.25) is 0 Å². The second-order valence-corrected chi connectivity index (χ2v) is 4.07. The second kappa shape index (κ2) is 3.43. The molecule has 0 spiro atoms. The van der Waals surface area contributed by atoms with E-state index in [1.807, 2.05) is 0 Å². The summed E-state index contributed by atoms with van der Waals surface area (Å²) >= 11 is 5.61. The number of halogens is 1. The first kappa shape index (κ1) is 9.51. The Morgan fingerprint density at radius 3 is 2.75 bits per heavy atom. The van der Waals surface area contributed by atoms with Crippen molar-refractivity contribution in [2.45, 2.75) is 4.90 Å². The molecule has 0 unspecified atom stereocenters. The van der Waals surface area contributed by atoms with Gasteiger partial charge in [-0.1, -0.05) is 17.7 Å². The van der Waals surface area contributed by atoms with Crippen molar-refractivity contribution in [1.29, 1.82) is 0 Å². The molecule has 0 aliphatic heterocycles. The summed E-state index contributed by atoms with van der Waals surface area (Å²) in [6.45, 7) is 0. The zero-order chi connectivity index (χ0) is 9.19. The average Bonchev–Trinajstić information content (AvgIpc) is 2.05. The molecule has 65 valence electrons. The van der Waals surface area contributed by atoms with Gasteiger partial charge >= 0.3 is 0 Å². The molecule has 5 heteroatoms. The maximum absolute atomic E-state index is 11.1. The monoisotopic (exact) mass is 205 g/mol. The van der Waals surface area contributed by atoms with E-state index in [9.17, 15) is 8.42 Å². The van der Waals surface area contributed by atoms with Gasteiger partial charge in [-0.3, -0.25) is 4.18 Å². The summed E-state index contributed by atoms with van der Waals surface area (Å²) in [5.41, 5.74) is 0. The smallest absolute Gasteiger partial charge is 0.270 e. The van der Waals surface area contributed by atoms with E-state index < -0.39 is 10.1 Å². The summed E-state index contributed by atoms with van der Waals surface area (Å²) in [4.78, 5) is -0.0610. The molecule has 0 heterocycles. The third kappa shape index (κ3) is 1.77. The highest BCUT2D eigenvalue weighted by Gasteiger charge is 2.15. The lowest BCUT2D eigenvalue weighted by Gasteiger charge is -2.01. The number of hydrogen-bond acceptors (Lipinski definition) is 3. The van der Waals surface area contributed by atoms with E-state index in [4.69, 9.17) is 11.6 Å². The van der Waals surface area contributed by atoms with Gasteiger partial charge in [-0.05, 0) is 18.2 Å². The van der Waals surface area contributed by atoms with Gasteiger partial charge in [-0.25, -0.2) is 0 Å². The molecule has 1 aromatic rings. The van der Waals surface area contributed by atoms with Crippen LogP contribution in [-0.4, -0.2) is 15.5 Å². The first-order chi connectivity index (χ1) is 5.58. The molecule has 0 bridgehead atoms. The van der Waals surface area contributed by atoms with Crippen molar-refractivity contribution in [2.24, 2.45) is 0 Å². The van der Waals surface area contributed by atoms with Crippen LogP contribution in [0.3, 0.4) is 0 Å². The fourth-order valence-electron chi connectivity index (χ4n) is 0.678. The van der Waals surface area contributed by atoms with Crippen LogP contribution in [0.4, 0.5) is 0 Å². The predicted molar refractivity (Wildman–Crippen MR) is 44.5 cm³/mol. The molecule has 1 rings (SSSR count). The van der Waals surface area contributed by atoms with Crippen molar-refractivity contribution in [2.75, 3.05) is 7.11 Å². The van der Waals surface area contributed by atoms with Gasteiger partial charge in [-0.15, -0.1) is 0 Å². The van der Waals surface area contributed by atoms with E-state index in [1.54, 1.807) is 0 Å². The molecule has 0 fully saturated rings. The quantitative estimate of drug-likeness (QED) is 0.687. The molecule has 0 aromatic heterocycles. The summed E-state index contributed by atoms with van der Waals surface area (Å²) in [5.74, 6) is 0. The number of rotatable bonds is 2. The highest BCUT2D eigenvalue weighted by Crippen LogP contribution is 2.21. The predicted octanol–water partition coefficient (Wildman–Crippen LogP) is 1.48. The van der Waals surface area contributed by atoms with Gasteiger partial charge in [0.25, 0.3) is 10.1 Å². The third-order valence-electron chi connectivity index (χ3n) is 1.26. The molecule has 0 aliphatic rings. The van der Waals surface area contributed by atoms with Crippen molar-refractivity contribution in [3.63, 3.8) is 0 Å². The molecule has 0 aliphatic carbocycles. The third-order valence-corrected chi connectivity index (χ3v) is 3.02. The van der Waals surface area contributed by atoms with Crippen LogP contribution in [0.5, 0.6) is 0 Å². The van der Waals surface area contributed by atoms with E-state index in [-0.39, 0.29) is 9.92 Å². The van der Waals surface area contributed by atoms with E-state index >= 15 is 0 Å². The molecule has 0 amide bonds. The Morgan fingerprint density at radius 2 is 2.25 bits per heavy atom. The second-order valence-electron chi connectivity index (χ2n) is 1.98. The van der Waals surface area contributed by atoms with Crippen LogP contribution in [0.15, 0.2) is 23.1 Å². The minimum Gasteiger partial charge on any atom is -0.270 e. The zero-order valence-corrected chi connectivity index (χ0v) is 7.82. The van der Waals surface area contributed by atoms with Crippen molar-refractivity contribution < 1.29 is 12.6 Å². The number of benzene rings is 1. The lowest BCUT2D eigenvalue weighted by Crippen LogP contribution is -2.02. The Hall–Kier alpha value is -0.580. The highest BCUT2D eigenvalue weighted by atomic mass is 35.5. The minimum atomic E-state index is -3.69. The standard InChI is InChI=1S/C7H6ClO3S/c1-11-12(9,10)7-5-3-2-4-6(7)8/h2,4-5H,1H3. The van der Waals surface area contributed by atoms with Crippen LogP contribution in [0.25, 0.3) is 0 Å². The largest absolute Gasteiger partial charge is 0.298 e. The molecular formula is C7H6ClO3S. The first-order valence-electron chi connectivity index (χ1n) is 3.04. The maximum Gasteiger partial charge on any atom is 0.298 e. The van der Waals surface area contributed by atoms with E-state index in [0.29, 0.717) is 0 Å². The Bertz CT molecular complexity index is 372. The normalized spacial score (nSPS) is 11.5. The van der Waals surface area contributed by atoms with Crippen molar-refractivity contribution in [3.8, 4) is 0 Å². The Kier molecular flexibility index (Phi) is 2.72. The Morgan fingerprint density at radius 1 is 1.58 bits per heavy atom. The number of hydrogen-bond donors (Lipinski definition) is 0. The molecule has 3 nitrogen and oxygen atoms in total. The minimum absolute atomic E-state index is 0.0610. The molecule has 12 heavy (non-hydrogen) atoms.